The van der Waals surface area contributed by atoms with Gasteiger partial charge in [-0.15, -0.1) is 0 Å². The van der Waals surface area contributed by atoms with Gasteiger partial charge in [0.25, 0.3) is 0 Å². The molecule has 2 unspecified atom stereocenters. The summed E-state index contributed by atoms with van der Waals surface area (Å²) in [5.41, 5.74) is 0. The van der Waals surface area contributed by atoms with Gasteiger partial charge in [0.1, 0.15) is 0 Å². The molecule has 0 aromatic rings. The van der Waals surface area contributed by atoms with Crippen LogP contribution in [0.1, 0.15) is 26.7 Å². The van der Waals surface area contributed by atoms with E-state index in [2.05, 4.69) is 0 Å². The maximum Gasteiger partial charge on any atom is 0.360 e. The molecule has 6 N–H and O–H groups in total. The van der Waals surface area contributed by atoms with Crippen LogP contribution >= 0.6 is 15.2 Å². The molecule has 0 aliphatic rings. The van der Waals surface area contributed by atoms with E-state index in [1.807, 2.05) is 0 Å². The third-order valence-corrected chi connectivity index (χ3v) is 6.07. The average molecular weight is 278 g/mol. The van der Waals surface area contributed by atoms with Gasteiger partial charge >= 0.3 is 15.2 Å². The van der Waals surface area contributed by atoms with Gasteiger partial charge in [-0.3, -0.25) is 9.13 Å². The van der Waals surface area contributed by atoms with Crippen LogP contribution in [0.5, 0.6) is 0 Å². The summed E-state index contributed by atoms with van der Waals surface area (Å²) in [6.07, 6.45) is -1.40. The lowest BCUT2D eigenvalue weighted by Crippen LogP contribution is -2.52. The first-order valence-electron chi connectivity index (χ1n) is 4.43. The smallest absolute Gasteiger partial charge is 0.360 e. The molecule has 98 valence electrons. The van der Waals surface area contributed by atoms with E-state index >= 15 is 0 Å². The predicted molar refractivity (Wildman–Crippen MR) is 54.6 cm³/mol. The Morgan fingerprint density at radius 2 is 1.00 bits per heavy atom. The van der Waals surface area contributed by atoms with E-state index in [1.165, 1.54) is 0 Å². The largest absolute Gasteiger partial charge is 0.375 e. The molecule has 0 aliphatic carbocycles. The summed E-state index contributed by atoms with van der Waals surface area (Å²) < 4.78 is 22.2. The van der Waals surface area contributed by atoms with Crippen LogP contribution in [0.2, 0.25) is 0 Å². The van der Waals surface area contributed by atoms with Gasteiger partial charge in [0.2, 0.25) is 10.7 Å². The second kappa shape index (κ2) is 4.48. The molecule has 0 aliphatic heterocycles. The van der Waals surface area contributed by atoms with Crippen LogP contribution in [0.4, 0.5) is 0 Å². The summed E-state index contributed by atoms with van der Waals surface area (Å²) in [5, 5.41) is 13.1. The van der Waals surface area contributed by atoms with Gasteiger partial charge in [-0.1, -0.05) is 13.8 Å². The first kappa shape index (κ1) is 16.2. The summed E-state index contributed by atoms with van der Waals surface area (Å²) in [7, 11) is -10.6. The summed E-state index contributed by atoms with van der Waals surface area (Å²) in [4.78, 5) is 35.7. The van der Waals surface area contributed by atoms with Crippen LogP contribution < -0.4 is 0 Å². The van der Waals surface area contributed by atoms with Crippen LogP contribution in [0, 0.1) is 0 Å². The molecule has 0 spiro atoms. The maximum atomic E-state index is 11.1. The Kier molecular flexibility index (Phi) is 4.54. The Morgan fingerprint density at radius 1 is 0.812 bits per heavy atom. The lowest BCUT2D eigenvalue weighted by Gasteiger charge is -2.42. The quantitative estimate of drug-likeness (QED) is 0.369. The molecule has 0 saturated heterocycles. The van der Waals surface area contributed by atoms with E-state index in [0.717, 1.165) is 13.8 Å². The molecule has 0 saturated carbocycles. The molecule has 16 heavy (non-hydrogen) atoms. The Bertz CT molecular complexity index is 310. The molecule has 0 fully saturated rings. The second-order valence-electron chi connectivity index (χ2n) is 3.43. The van der Waals surface area contributed by atoms with Gasteiger partial charge < -0.3 is 29.8 Å². The Labute approximate surface area is 92.3 Å². The average Bonchev–Trinajstić information content (AvgIpc) is 2.11. The molecule has 0 rings (SSSR count). The third kappa shape index (κ3) is 2.25. The molecule has 2 atom stereocenters. The van der Waals surface area contributed by atoms with Crippen molar-refractivity contribution in [3.05, 3.63) is 0 Å². The summed E-state index contributed by atoms with van der Waals surface area (Å²) in [6.45, 7) is 2.21. The highest BCUT2D eigenvalue weighted by Gasteiger charge is 2.66. The topological polar surface area (TPSA) is 156 Å². The molecule has 10 heteroatoms. The lowest BCUT2D eigenvalue weighted by molar-refractivity contribution is -0.0764. The first-order valence-corrected chi connectivity index (χ1v) is 7.66. The van der Waals surface area contributed by atoms with Crippen molar-refractivity contribution in [2.24, 2.45) is 0 Å². The molecular weight excluding hydrogens is 262 g/mol. The van der Waals surface area contributed by atoms with Crippen LogP contribution in [0.15, 0.2) is 0 Å². The molecule has 0 bridgehead atoms. The maximum absolute atomic E-state index is 11.1. The van der Waals surface area contributed by atoms with Crippen LogP contribution in [0.3, 0.4) is 0 Å². The molecule has 0 aromatic carbocycles. The fourth-order valence-corrected chi connectivity index (χ4v) is 4.30. The zero-order valence-corrected chi connectivity index (χ0v) is 10.6. The number of rotatable bonds is 5. The fraction of sp³-hybridized carbons (Fsp3) is 1.00. The Morgan fingerprint density at radius 3 is 1.06 bits per heavy atom. The third-order valence-electron chi connectivity index (χ3n) is 2.59. The molecule has 0 radical (unpaired) electrons. The van der Waals surface area contributed by atoms with Crippen LogP contribution in [-0.2, 0) is 9.13 Å². The van der Waals surface area contributed by atoms with E-state index in [4.69, 9.17) is 19.6 Å². The van der Waals surface area contributed by atoms with Crippen molar-refractivity contribution >= 4 is 15.2 Å². The Balaban J connectivity index is 5.91. The monoisotopic (exact) mass is 278 g/mol. The number of hydrogen-bond donors (Lipinski definition) is 6. The van der Waals surface area contributed by atoms with Gasteiger partial charge in [0, 0.05) is 0 Å². The number of hydrogen-bond acceptors (Lipinski definition) is 4. The van der Waals surface area contributed by atoms with Gasteiger partial charge in [-0.25, -0.2) is 0 Å². The van der Waals surface area contributed by atoms with E-state index in [-0.39, 0.29) is 0 Å². The van der Waals surface area contributed by atoms with Crippen LogP contribution in [0.25, 0.3) is 0 Å². The summed E-state index contributed by atoms with van der Waals surface area (Å²) >= 11 is 0. The van der Waals surface area contributed by atoms with E-state index in [1.54, 1.807) is 0 Å². The van der Waals surface area contributed by atoms with Gasteiger partial charge in [0.05, 0.1) is 0 Å². The van der Waals surface area contributed by atoms with Crippen molar-refractivity contribution in [2.45, 2.75) is 37.4 Å². The minimum atomic E-state index is -5.31. The van der Waals surface area contributed by atoms with Crippen molar-refractivity contribution in [2.75, 3.05) is 0 Å². The minimum absolute atomic E-state index is 0.702. The van der Waals surface area contributed by atoms with E-state index < -0.39 is 38.7 Å². The zero-order valence-electron chi connectivity index (χ0n) is 8.81. The van der Waals surface area contributed by atoms with Gasteiger partial charge in [0.15, 0.2) is 0 Å². The summed E-state index contributed by atoms with van der Waals surface area (Å²) in [6, 6.07) is 0. The van der Waals surface area contributed by atoms with Gasteiger partial charge in [-0.05, 0) is 12.8 Å². The van der Waals surface area contributed by atoms with Crippen LogP contribution in [-0.4, -0.2) is 40.5 Å². The second-order valence-corrected chi connectivity index (χ2v) is 7.08. The standard InChI is InChI=1S/C6H16O8P2/c1-3-5(7,15(9,10)11)6(8,4-2)16(12,13)14/h7-8H,3-4H2,1-2H3,(H2,9,10,11)(H2,12,13,14). The highest BCUT2D eigenvalue weighted by molar-refractivity contribution is 7.58. The minimum Gasteiger partial charge on any atom is -0.375 e. The first-order chi connectivity index (χ1) is 6.87. The number of aliphatic hydroxyl groups is 2. The molecule has 8 nitrogen and oxygen atoms in total. The highest BCUT2D eigenvalue weighted by Crippen LogP contribution is 2.67. The fourth-order valence-electron chi connectivity index (χ4n) is 1.44. The van der Waals surface area contributed by atoms with E-state index in [0.29, 0.717) is 0 Å². The zero-order chi connectivity index (χ0) is 13.4. The van der Waals surface area contributed by atoms with Crippen molar-refractivity contribution in [3.63, 3.8) is 0 Å². The molecular formula is C6H16O8P2. The Hall–Kier alpha value is 0.220. The van der Waals surface area contributed by atoms with Crippen molar-refractivity contribution in [1.82, 2.24) is 0 Å². The summed E-state index contributed by atoms with van der Waals surface area (Å²) in [5.74, 6) is 0. The highest BCUT2D eigenvalue weighted by atomic mass is 31.2. The van der Waals surface area contributed by atoms with Gasteiger partial charge in [-0.2, -0.15) is 0 Å². The molecule has 0 aromatic heterocycles. The molecule has 0 heterocycles. The predicted octanol–water partition coefficient (Wildman–Crippen LogP) is -0.461. The van der Waals surface area contributed by atoms with Crippen molar-refractivity contribution in [3.8, 4) is 0 Å². The van der Waals surface area contributed by atoms with Crippen molar-refractivity contribution < 1.29 is 38.9 Å². The van der Waals surface area contributed by atoms with Crippen molar-refractivity contribution in [1.29, 1.82) is 0 Å². The normalized spacial score (nSPS) is 21.2. The molecule has 0 amide bonds. The lowest BCUT2D eigenvalue weighted by atomic mass is 10.1. The van der Waals surface area contributed by atoms with E-state index in [9.17, 15) is 19.3 Å². The SMILES string of the molecule is CCC(O)(C(O)(CC)P(=O)(O)O)P(=O)(O)O.